The van der Waals surface area contributed by atoms with Crippen LogP contribution in [0.4, 0.5) is 15.8 Å². The number of halogens is 1. The highest BCUT2D eigenvalue weighted by Gasteiger charge is 2.32. The van der Waals surface area contributed by atoms with Gasteiger partial charge in [0.1, 0.15) is 0 Å². The maximum absolute atomic E-state index is 13.3. The number of hydrogen-bond donors (Lipinski definition) is 0. The van der Waals surface area contributed by atoms with Crippen LogP contribution in [0.2, 0.25) is 0 Å². The molecule has 2 rings (SSSR count). The zero-order valence-corrected chi connectivity index (χ0v) is 12.3. The van der Waals surface area contributed by atoms with E-state index in [0.717, 1.165) is 12.1 Å². The third kappa shape index (κ3) is 3.18. The Morgan fingerprint density at radius 3 is 2.48 bits per heavy atom. The number of amides is 1. The number of hydrogen-bond acceptors (Lipinski definition) is 4. The van der Waals surface area contributed by atoms with Gasteiger partial charge in [-0.15, -0.1) is 0 Å². The number of anilines is 1. The SMILES string of the molecule is CC(C)(C)N1CCN(c2ccc(F)c([N+](=O)[O-])c2)C(=O)C1. The number of carbonyl (C=O) groups excluding carboxylic acids is 1. The summed E-state index contributed by atoms with van der Waals surface area (Å²) in [5.41, 5.74) is -0.364. The Labute approximate surface area is 122 Å². The Morgan fingerprint density at radius 1 is 1.29 bits per heavy atom. The summed E-state index contributed by atoms with van der Waals surface area (Å²) in [6.07, 6.45) is 0. The minimum atomic E-state index is -0.899. The first-order valence-electron chi connectivity index (χ1n) is 6.69. The van der Waals surface area contributed by atoms with Crippen LogP contribution < -0.4 is 4.90 Å². The number of nitrogens with zero attached hydrogens (tertiary/aromatic N) is 3. The van der Waals surface area contributed by atoms with E-state index in [1.807, 2.05) is 25.7 Å². The second-order valence-electron chi connectivity index (χ2n) is 6.03. The Kier molecular flexibility index (Phi) is 3.95. The van der Waals surface area contributed by atoms with Crippen LogP contribution in [0.15, 0.2) is 18.2 Å². The number of piperazine rings is 1. The lowest BCUT2D eigenvalue weighted by Crippen LogP contribution is -2.56. The van der Waals surface area contributed by atoms with Crippen LogP contribution in [0.3, 0.4) is 0 Å². The van der Waals surface area contributed by atoms with Crippen LogP contribution in [0.1, 0.15) is 20.8 Å². The van der Waals surface area contributed by atoms with E-state index in [1.165, 1.54) is 11.0 Å². The van der Waals surface area contributed by atoms with E-state index in [4.69, 9.17) is 0 Å². The molecule has 0 bridgehead atoms. The lowest BCUT2D eigenvalue weighted by molar-refractivity contribution is -0.387. The summed E-state index contributed by atoms with van der Waals surface area (Å²) < 4.78 is 13.3. The van der Waals surface area contributed by atoms with E-state index in [2.05, 4.69) is 0 Å². The Bertz CT molecular complexity index is 583. The van der Waals surface area contributed by atoms with E-state index < -0.39 is 16.4 Å². The molecule has 114 valence electrons. The van der Waals surface area contributed by atoms with Gasteiger partial charge in [0.25, 0.3) is 0 Å². The van der Waals surface area contributed by atoms with Crippen molar-refractivity contribution in [1.82, 2.24) is 4.90 Å². The molecule has 0 saturated carbocycles. The van der Waals surface area contributed by atoms with Crippen molar-refractivity contribution in [3.63, 3.8) is 0 Å². The number of rotatable bonds is 2. The first kappa shape index (κ1) is 15.4. The van der Waals surface area contributed by atoms with E-state index in [9.17, 15) is 19.3 Å². The number of nitro benzene ring substituents is 1. The molecule has 7 heteroatoms. The minimum Gasteiger partial charge on any atom is -0.310 e. The molecular weight excluding hydrogens is 277 g/mol. The number of carbonyl (C=O) groups is 1. The summed E-state index contributed by atoms with van der Waals surface area (Å²) in [5.74, 6) is -1.04. The van der Waals surface area contributed by atoms with Crippen molar-refractivity contribution in [2.24, 2.45) is 0 Å². The Hall–Kier alpha value is -2.02. The number of benzene rings is 1. The maximum Gasteiger partial charge on any atom is 0.306 e. The zero-order chi connectivity index (χ0) is 15.8. The molecule has 1 aromatic carbocycles. The number of nitro groups is 1. The highest BCUT2D eigenvalue weighted by atomic mass is 19.1. The van der Waals surface area contributed by atoms with Crippen molar-refractivity contribution >= 4 is 17.3 Å². The molecule has 1 amide bonds. The summed E-state index contributed by atoms with van der Waals surface area (Å²) in [5, 5.41) is 10.8. The third-order valence-corrected chi connectivity index (χ3v) is 3.61. The molecule has 6 nitrogen and oxygen atoms in total. The predicted octanol–water partition coefficient (Wildman–Crippen LogP) is 2.18. The molecule has 1 aliphatic heterocycles. The molecule has 1 heterocycles. The second kappa shape index (κ2) is 5.40. The van der Waals surface area contributed by atoms with Gasteiger partial charge in [0.15, 0.2) is 0 Å². The molecule has 0 unspecified atom stereocenters. The van der Waals surface area contributed by atoms with Crippen molar-refractivity contribution in [1.29, 1.82) is 0 Å². The summed E-state index contributed by atoms with van der Waals surface area (Å²) in [6.45, 7) is 7.42. The molecule has 0 spiro atoms. The fraction of sp³-hybridized carbons (Fsp3) is 0.500. The van der Waals surface area contributed by atoms with Gasteiger partial charge in [0.2, 0.25) is 11.7 Å². The average molecular weight is 295 g/mol. The van der Waals surface area contributed by atoms with Gasteiger partial charge >= 0.3 is 5.69 Å². The van der Waals surface area contributed by atoms with Gasteiger partial charge in [-0.1, -0.05) is 0 Å². The van der Waals surface area contributed by atoms with Crippen molar-refractivity contribution < 1.29 is 14.1 Å². The lowest BCUT2D eigenvalue weighted by atomic mass is 10.0. The van der Waals surface area contributed by atoms with Gasteiger partial charge in [0.05, 0.1) is 17.2 Å². The average Bonchev–Trinajstić information content (AvgIpc) is 2.38. The van der Waals surface area contributed by atoms with Gasteiger partial charge in [-0.05, 0) is 32.9 Å². The highest BCUT2D eigenvalue weighted by Crippen LogP contribution is 2.27. The Balaban J connectivity index is 2.23. The first-order valence-corrected chi connectivity index (χ1v) is 6.69. The van der Waals surface area contributed by atoms with Gasteiger partial charge in [0, 0.05) is 24.7 Å². The summed E-state index contributed by atoms with van der Waals surface area (Å²) in [4.78, 5) is 25.7. The van der Waals surface area contributed by atoms with E-state index in [0.29, 0.717) is 18.8 Å². The van der Waals surface area contributed by atoms with Gasteiger partial charge < -0.3 is 4.90 Å². The molecule has 1 aliphatic rings. The summed E-state index contributed by atoms with van der Waals surface area (Å²) in [6, 6.07) is 3.53. The normalized spacial score (nSPS) is 17.1. The molecule has 0 aliphatic carbocycles. The molecule has 1 saturated heterocycles. The zero-order valence-electron chi connectivity index (χ0n) is 12.3. The topological polar surface area (TPSA) is 66.7 Å². The van der Waals surface area contributed by atoms with Crippen LogP contribution in [0.5, 0.6) is 0 Å². The smallest absolute Gasteiger partial charge is 0.306 e. The standard InChI is InChI=1S/C14H18FN3O3/c1-14(2,3)16-6-7-17(13(19)9-16)10-4-5-11(15)12(8-10)18(20)21/h4-5,8H,6-7,9H2,1-3H3. The molecule has 1 aromatic rings. The summed E-state index contributed by atoms with van der Waals surface area (Å²) in [7, 11) is 0. The largest absolute Gasteiger partial charge is 0.310 e. The molecule has 0 atom stereocenters. The quantitative estimate of drug-likeness (QED) is 0.619. The Morgan fingerprint density at radius 2 is 1.95 bits per heavy atom. The van der Waals surface area contributed by atoms with E-state index >= 15 is 0 Å². The van der Waals surface area contributed by atoms with Crippen LogP contribution in [-0.2, 0) is 4.79 Å². The highest BCUT2D eigenvalue weighted by molar-refractivity contribution is 5.95. The van der Waals surface area contributed by atoms with Crippen LogP contribution in [-0.4, -0.2) is 40.9 Å². The van der Waals surface area contributed by atoms with Gasteiger partial charge in [-0.25, -0.2) is 0 Å². The second-order valence-corrected chi connectivity index (χ2v) is 6.03. The van der Waals surface area contributed by atoms with Crippen LogP contribution in [0, 0.1) is 15.9 Å². The van der Waals surface area contributed by atoms with Crippen molar-refractivity contribution in [3.8, 4) is 0 Å². The molecular formula is C14H18FN3O3. The van der Waals surface area contributed by atoms with Crippen molar-refractivity contribution in [2.45, 2.75) is 26.3 Å². The van der Waals surface area contributed by atoms with E-state index in [-0.39, 0.29) is 18.0 Å². The first-order chi connectivity index (χ1) is 9.70. The fourth-order valence-corrected chi connectivity index (χ4v) is 2.33. The van der Waals surface area contributed by atoms with Gasteiger partial charge in [-0.3, -0.25) is 19.8 Å². The van der Waals surface area contributed by atoms with Crippen molar-refractivity contribution in [2.75, 3.05) is 24.5 Å². The van der Waals surface area contributed by atoms with E-state index in [1.54, 1.807) is 0 Å². The van der Waals surface area contributed by atoms with Gasteiger partial charge in [-0.2, -0.15) is 4.39 Å². The molecule has 0 aromatic heterocycles. The molecule has 21 heavy (non-hydrogen) atoms. The maximum atomic E-state index is 13.3. The minimum absolute atomic E-state index is 0.115. The van der Waals surface area contributed by atoms with Crippen molar-refractivity contribution in [3.05, 3.63) is 34.1 Å². The predicted molar refractivity (Wildman–Crippen MR) is 76.7 cm³/mol. The van der Waals surface area contributed by atoms with Crippen LogP contribution in [0.25, 0.3) is 0 Å². The van der Waals surface area contributed by atoms with Crippen LogP contribution >= 0.6 is 0 Å². The lowest BCUT2D eigenvalue weighted by Gasteiger charge is -2.41. The molecule has 0 N–H and O–H groups in total. The molecule has 1 fully saturated rings. The molecule has 0 radical (unpaired) electrons. The third-order valence-electron chi connectivity index (χ3n) is 3.61. The fourth-order valence-electron chi connectivity index (χ4n) is 2.33. The summed E-state index contributed by atoms with van der Waals surface area (Å²) >= 11 is 0. The monoisotopic (exact) mass is 295 g/mol.